The summed E-state index contributed by atoms with van der Waals surface area (Å²) in [7, 11) is 0. The minimum Gasteiger partial charge on any atom is -0.466 e. The van der Waals surface area contributed by atoms with Crippen LogP contribution in [0.25, 0.3) is 11.2 Å². The molecular formula is C11H12ClN3O2S. The highest BCUT2D eigenvalue weighted by atomic mass is 35.5. The fourth-order valence-corrected chi connectivity index (χ4v) is 2.11. The van der Waals surface area contributed by atoms with Crippen molar-refractivity contribution in [3.8, 4) is 0 Å². The van der Waals surface area contributed by atoms with Crippen molar-refractivity contribution >= 4 is 41.0 Å². The van der Waals surface area contributed by atoms with Crippen molar-refractivity contribution in [2.45, 2.75) is 19.9 Å². The summed E-state index contributed by atoms with van der Waals surface area (Å²) in [5, 5.41) is 0.538. The lowest BCUT2D eigenvalue weighted by Gasteiger charge is -2.03. The van der Waals surface area contributed by atoms with Gasteiger partial charge < -0.3 is 14.3 Å². The lowest BCUT2D eigenvalue weighted by Crippen LogP contribution is -2.09. The molecule has 0 aliphatic rings. The van der Waals surface area contributed by atoms with E-state index in [4.69, 9.17) is 28.6 Å². The number of aromatic nitrogens is 3. The fraction of sp³-hybridized carbons (Fsp3) is 0.364. The van der Waals surface area contributed by atoms with E-state index in [1.165, 1.54) is 0 Å². The molecule has 0 spiro atoms. The number of carbonyl (C=O) groups is 1. The number of hydrogen-bond donors (Lipinski definition) is 1. The number of aromatic amines is 1. The summed E-state index contributed by atoms with van der Waals surface area (Å²) in [5.41, 5.74) is 1.45. The van der Waals surface area contributed by atoms with E-state index in [0.29, 0.717) is 28.6 Å². The number of rotatable bonds is 4. The quantitative estimate of drug-likeness (QED) is 0.693. The second-order valence-corrected chi connectivity index (χ2v) is 4.48. The number of ether oxygens (including phenoxy) is 1. The molecule has 96 valence electrons. The minimum absolute atomic E-state index is 0.247. The molecule has 2 rings (SSSR count). The number of imidazole rings is 1. The number of H-pyrrole nitrogens is 1. The topological polar surface area (TPSA) is 59.9 Å². The van der Waals surface area contributed by atoms with Crippen molar-refractivity contribution in [3.63, 3.8) is 0 Å². The summed E-state index contributed by atoms with van der Waals surface area (Å²) < 4.78 is 7.15. The van der Waals surface area contributed by atoms with E-state index in [-0.39, 0.29) is 12.4 Å². The summed E-state index contributed by atoms with van der Waals surface area (Å²) in [6.45, 7) is 2.59. The number of halogens is 1. The molecule has 0 saturated carbocycles. The van der Waals surface area contributed by atoms with Gasteiger partial charge in [-0.25, -0.2) is 4.98 Å². The third-order valence-corrected chi connectivity index (χ3v) is 2.95. The van der Waals surface area contributed by atoms with Crippen molar-refractivity contribution in [3.05, 3.63) is 22.1 Å². The van der Waals surface area contributed by atoms with Gasteiger partial charge in [0.05, 0.1) is 23.6 Å². The molecule has 0 atom stereocenters. The first-order valence-corrected chi connectivity index (χ1v) is 6.30. The average molecular weight is 286 g/mol. The normalized spacial score (nSPS) is 10.8. The number of esters is 1. The van der Waals surface area contributed by atoms with Crippen molar-refractivity contribution in [2.24, 2.45) is 0 Å². The monoisotopic (exact) mass is 285 g/mol. The van der Waals surface area contributed by atoms with Crippen LogP contribution in [-0.2, 0) is 16.1 Å². The number of nitrogens with one attached hydrogen (secondary N) is 1. The molecule has 0 saturated heterocycles. The molecule has 2 heterocycles. The van der Waals surface area contributed by atoms with Gasteiger partial charge in [-0.05, 0) is 25.2 Å². The zero-order valence-electron chi connectivity index (χ0n) is 9.77. The number of nitrogens with zero attached hydrogens (tertiary/aromatic N) is 2. The Balaban J connectivity index is 2.25. The SMILES string of the molecule is CCOC(=O)CCn1c(=S)[nH]c2cc(Cl)cnc21. The van der Waals surface area contributed by atoms with Gasteiger partial charge in [0.15, 0.2) is 10.4 Å². The molecule has 0 aliphatic heterocycles. The van der Waals surface area contributed by atoms with Crippen molar-refractivity contribution in [2.75, 3.05) is 6.61 Å². The average Bonchev–Trinajstić information content (AvgIpc) is 2.61. The second-order valence-electron chi connectivity index (χ2n) is 3.66. The molecule has 0 bridgehead atoms. The van der Waals surface area contributed by atoms with Crippen LogP contribution >= 0.6 is 23.8 Å². The Hall–Kier alpha value is -1.40. The van der Waals surface area contributed by atoms with E-state index in [2.05, 4.69) is 9.97 Å². The number of aryl methyl sites for hydroxylation is 1. The second kappa shape index (κ2) is 5.49. The van der Waals surface area contributed by atoms with Crippen molar-refractivity contribution in [1.82, 2.24) is 14.5 Å². The Kier molecular flexibility index (Phi) is 3.98. The Labute approximate surface area is 114 Å². The maximum absolute atomic E-state index is 11.3. The Bertz CT molecular complexity index is 635. The summed E-state index contributed by atoms with van der Waals surface area (Å²) in [6, 6.07) is 1.75. The summed E-state index contributed by atoms with van der Waals surface area (Å²) in [5.74, 6) is -0.247. The predicted molar refractivity (Wildman–Crippen MR) is 71.2 cm³/mol. The third-order valence-electron chi connectivity index (χ3n) is 2.42. The van der Waals surface area contributed by atoms with Crippen LogP contribution in [0.2, 0.25) is 5.02 Å². The maximum atomic E-state index is 11.3. The molecule has 0 radical (unpaired) electrons. The molecular weight excluding hydrogens is 274 g/mol. The molecule has 7 heteroatoms. The van der Waals surface area contributed by atoms with Crippen LogP contribution in [0.15, 0.2) is 12.3 Å². The fourth-order valence-electron chi connectivity index (χ4n) is 1.66. The molecule has 5 nitrogen and oxygen atoms in total. The van der Waals surface area contributed by atoms with Crippen LogP contribution in [0.1, 0.15) is 13.3 Å². The zero-order valence-corrected chi connectivity index (χ0v) is 11.3. The van der Waals surface area contributed by atoms with E-state index < -0.39 is 0 Å². The van der Waals surface area contributed by atoms with Crippen LogP contribution in [0, 0.1) is 4.77 Å². The van der Waals surface area contributed by atoms with Crippen molar-refractivity contribution in [1.29, 1.82) is 0 Å². The largest absolute Gasteiger partial charge is 0.466 e. The Morgan fingerprint density at radius 2 is 2.44 bits per heavy atom. The van der Waals surface area contributed by atoms with Crippen LogP contribution in [0.5, 0.6) is 0 Å². The van der Waals surface area contributed by atoms with Gasteiger partial charge in [-0.1, -0.05) is 11.6 Å². The highest BCUT2D eigenvalue weighted by Crippen LogP contribution is 2.16. The molecule has 0 unspecified atom stereocenters. The first-order valence-electron chi connectivity index (χ1n) is 5.51. The van der Waals surface area contributed by atoms with Crippen LogP contribution in [0.3, 0.4) is 0 Å². The smallest absolute Gasteiger partial charge is 0.307 e. The van der Waals surface area contributed by atoms with Gasteiger partial charge in [0.25, 0.3) is 0 Å². The summed E-state index contributed by atoms with van der Waals surface area (Å²) in [4.78, 5) is 18.5. The van der Waals surface area contributed by atoms with Gasteiger partial charge in [0.2, 0.25) is 0 Å². The van der Waals surface area contributed by atoms with E-state index in [9.17, 15) is 4.79 Å². The van der Waals surface area contributed by atoms with Gasteiger partial charge in [-0.2, -0.15) is 0 Å². The Morgan fingerprint density at radius 3 is 3.17 bits per heavy atom. The van der Waals surface area contributed by atoms with Gasteiger partial charge in [-0.3, -0.25) is 4.79 Å². The summed E-state index contributed by atoms with van der Waals surface area (Å²) in [6.07, 6.45) is 1.81. The van der Waals surface area contributed by atoms with Gasteiger partial charge in [0, 0.05) is 12.7 Å². The molecule has 18 heavy (non-hydrogen) atoms. The predicted octanol–water partition coefficient (Wildman–Crippen LogP) is 2.70. The molecule has 2 aromatic heterocycles. The minimum atomic E-state index is -0.247. The van der Waals surface area contributed by atoms with Gasteiger partial charge in [0.1, 0.15) is 0 Å². The number of pyridine rings is 1. The van der Waals surface area contributed by atoms with Crippen LogP contribution < -0.4 is 0 Å². The molecule has 2 aromatic rings. The number of carbonyl (C=O) groups excluding carboxylic acids is 1. The van der Waals surface area contributed by atoms with Crippen LogP contribution in [0.4, 0.5) is 0 Å². The lowest BCUT2D eigenvalue weighted by molar-refractivity contribution is -0.143. The molecule has 0 aromatic carbocycles. The first kappa shape index (κ1) is 13.0. The summed E-state index contributed by atoms with van der Waals surface area (Å²) >= 11 is 11.0. The standard InChI is InChI=1S/C11H12ClN3O2S/c1-2-17-9(16)3-4-15-10-8(14-11(15)18)5-7(12)6-13-10/h5-6H,2-4H2,1H3,(H,14,18). The van der Waals surface area contributed by atoms with Crippen molar-refractivity contribution < 1.29 is 9.53 Å². The van der Waals surface area contributed by atoms with E-state index in [1.54, 1.807) is 23.8 Å². The number of hydrogen-bond acceptors (Lipinski definition) is 4. The highest BCUT2D eigenvalue weighted by Gasteiger charge is 2.08. The van der Waals surface area contributed by atoms with E-state index in [0.717, 1.165) is 5.52 Å². The van der Waals surface area contributed by atoms with Gasteiger partial charge >= 0.3 is 5.97 Å². The molecule has 0 fully saturated rings. The lowest BCUT2D eigenvalue weighted by atomic mass is 10.4. The van der Waals surface area contributed by atoms with E-state index in [1.807, 2.05) is 0 Å². The highest BCUT2D eigenvalue weighted by molar-refractivity contribution is 7.71. The Morgan fingerprint density at radius 1 is 1.67 bits per heavy atom. The molecule has 0 amide bonds. The third kappa shape index (κ3) is 2.70. The van der Waals surface area contributed by atoms with E-state index >= 15 is 0 Å². The van der Waals surface area contributed by atoms with Gasteiger partial charge in [-0.15, -0.1) is 0 Å². The number of fused-ring (bicyclic) bond motifs is 1. The first-order chi connectivity index (χ1) is 8.61. The molecule has 1 N–H and O–H groups in total. The maximum Gasteiger partial charge on any atom is 0.307 e. The zero-order chi connectivity index (χ0) is 13.1. The van der Waals surface area contributed by atoms with Crippen LogP contribution in [-0.4, -0.2) is 27.1 Å². The molecule has 0 aliphatic carbocycles.